The minimum atomic E-state index is -1.74. The third kappa shape index (κ3) is 2.83. The summed E-state index contributed by atoms with van der Waals surface area (Å²) in [6.07, 6.45) is -1.86. The van der Waals surface area contributed by atoms with Crippen molar-refractivity contribution in [1.29, 1.82) is 0 Å². The van der Waals surface area contributed by atoms with Gasteiger partial charge < -0.3 is 30.5 Å². The van der Waals surface area contributed by atoms with Crippen molar-refractivity contribution in [2.45, 2.75) is 36.5 Å². The molecule has 3 heterocycles. The Labute approximate surface area is 141 Å². The number of thioether (sulfide) groups is 1. The molecule has 10 nitrogen and oxygen atoms in total. The van der Waals surface area contributed by atoms with Gasteiger partial charge in [-0.05, 0) is 6.92 Å². The molecule has 2 aliphatic heterocycles. The smallest absolute Gasteiger partial charge is 0.254 e. The molecule has 0 aromatic carbocycles. The average Bonchev–Trinajstić information content (AvgIpc) is 3.09. The molecule has 5 atom stereocenters. The molecule has 5 N–H and O–H groups in total. The average molecular weight is 358 g/mol. The number of hydrogen-bond donors (Lipinski definition) is 5. The molecule has 1 unspecified atom stereocenters. The van der Waals surface area contributed by atoms with E-state index in [4.69, 9.17) is 4.74 Å². The molecular weight excluding hydrogens is 340 g/mol. The summed E-state index contributed by atoms with van der Waals surface area (Å²) < 4.78 is 6.86. The molecule has 1 aromatic rings. The number of Topliss-reactive ketones (excluding diaryl/α,β-unsaturated/α-hetero) is 1. The van der Waals surface area contributed by atoms with E-state index in [1.54, 1.807) is 0 Å². The molecule has 24 heavy (non-hydrogen) atoms. The third-order valence-corrected chi connectivity index (χ3v) is 5.06. The Hall–Kier alpha value is -1.50. The molecule has 0 bridgehead atoms. The van der Waals surface area contributed by atoms with Gasteiger partial charge in [-0.2, -0.15) is 0 Å². The van der Waals surface area contributed by atoms with Gasteiger partial charge in [-0.25, -0.2) is 9.98 Å². The van der Waals surface area contributed by atoms with Crippen LogP contribution in [0.1, 0.15) is 18.8 Å². The summed E-state index contributed by atoms with van der Waals surface area (Å²) in [5.74, 6) is 0.249. The SMILES string of the molecule is CC(=O)CSC1(O)N=CNc2c1ncn2[C@@H]1O[C@H](CO)[C@@H](O)[C@H]1O. The largest absolute Gasteiger partial charge is 0.394 e. The maximum atomic E-state index is 11.2. The molecule has 132 valence electrons. The van der Waals surface area contributed by atoms with Gasteiger partial charge in [0.05, 0.1) is 25.0 Å². The van der Waals surface area contributed by atoms with E-state index in [2.05, 4.69) is 15.3 Å². The maximum absolute atomic E-state index is 11.2. The van der Waals surface area contributed by atoms with Crippen molar-refractivity contribution in [3.05, 3.63) is 12.0 Å². The Morgan fingerprint density at radius 3 is 2.88 bits per heavy atom. The van der Waals surface area contributed by atoms with Crippen molar-refractivity contribution < 1.29 is 30.0 Å². The molecule has 3 rings (SSSR count). The number of ether oxygens (including phenoxy) is 1. The van der Waals surface area contributed by atoms with Crippen LogP contribution in [0.4, 0.5) is 5.82 Å². The zero-order chi connectivity index (χ0) is 17.5. The first-order valence-electron chi connectivity index (χ1n) is 7.23. The number of aliphatic hydroxyl groups excluding tert-OH is 3. The van der Waals surface area contributed by atoms with Crippen LogP contribution in [0.2, 0.25) is 0 Å². The number of aliphatic hydroxyl groups is 4. The van der Waals surface area contributed by atoms with Crippen molar-refractivity contribution in [2.24, 2.45) is 4.99 Å². The van der Waals surface area contributed by atoms with E-state index >= 15 is 0 Å². The second-order valence-corrected chi connectivity index (χ2v) is 6.73. The summed E-state index contributed by atoms with van der Waals surface area (Å²) in [4.78, 5) is 19.2. The summed E-state index contributed by atoms with van der Waals surface area (Å²) in [6.45, 7) is 0.957. The van der Waals surface area contributed by atoms with E-state index in [1.165, 1.54) is 24.2 Å². The number of nitrogens with one attached hydrogen (secondary N) is 1. The van der Waals surface area contributed by atoms with Crippen LogP contribution < -0.4 is 5.32 Å². The van der Waals surface area contributed by atoms with Crippen LogP contribution in [0, 0.1) is 0 Å². The fourth-order valence-corrected chi connectivity index (χ4v) is 3.41. The Morgan fingerprint density at radius 1 is 1.50 bits per heavy atom. The Balaban J connectivity index is 1.90. The van der Waals surface area contributed by atoms with E-state index in [-0.39, 0.29) is 17.2 Å². The second kappa shape index (κ2) is 6.43. The number of hydrogen-bond acceptors (Lipinski definition) is 10. The van der Waals surface area contributed by atoms with E-state index in [1.807, 2.05) is 0 Å². The maximum Gasteiger partial charge on any atom is 0.254 e. The second-order valence-electron chi connectivity index (χ2n) is 5.58. The van der Waals surface area contributed by atoms with Crippen LogP contribution in [0.5, 0.6) is 0 Å². The first-order valence-corrected chi connectivity index (χ1v) is 8.21. The molecule has 0 spiro atoms. The van der Waals surface area contributed by atoms with Crippen LogP contribution >= 0.6 is 11.8 Å². The Bertz CT molecular complexity index is 667. The van der Waals surface area contributed by atoms with Crippen molar-refractivity contribution in [3.8, 4) is 0 Å². The number of imidazole rings is 1. The Morgan fingerprint density at radius 2 is 2.25 bits per heavy atom. The van der Waals surface area contributed by atoms with E-state index < -0.39 is 36.2 Å². The van der Waals surface area contributed by atoms with Gasteiger partial charge in [-0.1, -0.05) is 11.8 Å². The lowest BCUT2D eigenvalue weighted by Crippen LogP contribution is -2.33. The standard InChI is InChI=1S/C13H18N4O6S/c1-6(19)3-24-13(22)10-11(14-4-16-13)17(5-15-10)12-9(21)8(20)7(2-18)23-12/h4-5,7-9,12,18,20-22H,2-3H2,1H3,(H,14,16)/t7-,8-,9-,12-,13?/m1/s1. The predicted molar refractivity (Wildman–Crippen MR) is 84.4 cm³/mol. The highest BCUT2D eigenvalue weighted by atomic mass is 32.2. The van der Waals surface area contributed by atoms with E-state index in [0.717, 1.165) is 11.8 Å². The number of carbonyl (C=O) groups is 1. The molecule has 2 aliphatic rings. The number of carbonyl (C=O) groups excluding carboxylic acids is 1. The lowest BCUT2D eigenvalue weighted by Gasteiger charge is -2.27. The zero-order valence-corrected chi connectivity index (χ0v) is 13.6. The molecule has 1 fully saturated rings. The third-order valence-electron chi connectivity index (χ3n) is 3.81. The normalized spacial score (nSPS) is 34.9. The molecular formula is C13H18N4O6S. The summed E-state index contributed by atoms with van der Waals surface area (Å²) >= 11 is 0.912. The van der Waals surface area contributed by atoms with E-state index in [9.17, 15) is 25.2 Å². The van der Waals surface area contributed by atoms with Crippen molar-refractivity contribution in [2.75, 3.05) is 17.7 Å². The van der Waals surface area contributed by atoms with Gasteiger partial charge in [-0.15, -0.1) is 0 Å². The predicted octanol–water partition coefficient (Wildman–Crippen LogP) is -1.63. The van der Waals surface area contributed by atoms with Crippen LogP contribution in [-0.4, -0.2) is 72.8 Å². The highest BCUT2D eigenvalue weighted by Crippen LogP contribution is 2.42. The van der Waals surface area contributed by atoms with Crippen molar-refractivity contribution in [3.63, 3.8) is 0 Å². The minimum Gasteiger partial charge on any atom is -0.394 e. The minimum absolute atomic E-state index is 0.0496. The molecule has 0 aliphatic carbocycles. The van der Waals surface area contributed by atoms with Gasteiger partial charge in [0, 0.05) is 0 Å². The van der Waals surface area contributed by atoms with Gasteiger partial charge in [0.15, 0.2) is 6.23 Å². The highest BCUT2D eigenvalue weighted by molar-refractivity contribution is 8.00. The molecule has 0 radical (unpaired) electrons. The monoisotopic (exact) mass is 358 g/mol. The molecule has 1 saturated heterocycles. The van der Waals surface area contributed by atoms with Crippen LogP contribution in [0.15, 0.2) is 11.3 Å². The van der Waals surface area contributed by atoms with Crippen molar-refractivity contribution >= 4 is 29.7 Å². The van der Waals surface area contributed by atoms with Gasteiger partial charge in [0.2, 0.25) is 0 Å². The quantitative estimate of drug-likeness (QED) is 0.391. The number of aromatic nitrogens is 2. The molecule has 0 saturated carbocycles. The Kier molecular flexibility index (Phi) is 4.64. The van der Waals surface area contributed by atoms with Gasteiger partial charge in [0.25, 0.3) is 5.06 Å². The zero-order valence-electron chi connectivity index (χ0n) is 12.7. The first kappa shape index (κ1) is 17.3. The van der Waals surface area contributed by atoms with Gasteiger partial charge in [-0.3, -0.25) is 9.36 Å². The lowest BCUT2D eigenvalue weighted by molar-refractivity contribution is -0.114. The number of ketones is 1. The molecule has 0 amide bonds. The number of fused-ring (bicyclic) bond motifs is 1. The number of nitrogens with zero attached hydrogens (tertiary/aromatic N) is 3. The summed E-state index contributed by atoms with van der Waals surface area (Å²) in [7, 11) is 0. The summed E-state index contributed by atoms with van der Waals surface area (Å²) in [6, 6.07) is 0. The number of anilines is 1. The van der Waals surface area contributed by atoms with Gasteiger partial charge >= 0.3 is 0 Å². The molecule has 11 heteroatoms. The lowest BCUT2D eigenvalue weighted by atomic mass is 10.1. The number of rotatable bonds is 5. The topological polar surface area (TPSA) is 149 Å². The van der Waals surface area contributed by atoms with Gasteiger partial charge in [0.1, 0.15) is 35.6 Å². The highest BCUT2D eigenvalue weighted by Gasteiger charge is 2.46. The fourth-order valence-electron chi connectivity index (χ4n) is 2.60. The van der Waals surface area contributed by atoms with E-state index in [0.29, 0.717) is 5.82 Å². The van der Waals surface area contributed by atoms with Crippen LogP contribution in [-0.2, 0) is 14.6 Å². The summed E-state index contributed by atoms with van der Waals surface area (Å²) in [5.41, 5.74) is 0.161. The van der Waals surface area contributed by atoms with Crippen LogP contribution in [0.3, 0.4) is 0 Å². The van der Waals surface area contributed by atoms with Crippen molar-refractivity contribution in [1.82, 2.24) is 9.55 Å². The van der Waals surface area contributed by atoms with Crippen LogP contribution in [0.25, 0.3) is 0 Å². The fraction of sp³-hybridized carbons (Fsp3) is 0.615. The number of aliphatic imine (C=N–C) groups is 1. The summed E-state index contributed by atoms with van der Waals surface area (Å²) in [5, 5.41) is 40.9. The molecule has 1 aromatic heterocycles. The first-order chi connectivity index (χ1) is 11.4.